The van der Waals surface area contributed by atoms with Crippen LogP contribution in [0.4, 0.5) is 0 Å². The second-order valence-electron chi connectivity index (χ2n) is 3.87. The van der Waals surface area contributed by atoms with Crippen molar-refractivity contribution in [3.05, 3.63) is 0 Å². The van der Waals surface area contributed by atoms with Crippen molar-refractivity contribution in [1.82, 2.24) is 0 Å². The molecule has 1 aliphatic heterocycles. The Morgan fingerprint density at radius 1 is 1.27 bits per heavy atom. The van der Waals surface area contributed by atoms with Crippen LogP contribution in [-0.2, 0) is 0 Å². The lowest BCUT2D eigenvalue weighted by molar-refractivity contribution is 0.103. The SMILES string of the molecule is CC(C)C(C)C1CSCC1O. The minimum atomic E-state index is -0.0441. The molecule has 2 heteroatoms. The van der Waals surface area contributed by atoms with Gasteiger partial charge in [0.25, 0.3) is 0 Å². The van der Waals surface area contributed by atoms with Gasteiger partial charge in [-0.1, -0.05) is 20.8 Å². The summed E-state index contributed by atoms with van der Waals surface area (Å²) in [7, 11) is 0. The smallest absolute Gasteiger partial charge is 0.0669 e. The van der Waals surface area contributed by atoms with Crippen LogP contribution in [0.5, 0.6) is 0 Å². The van der Waals surface area contributed by atoms with E-state index < -0.39 is 0 Å². The molecule has 1 N–H and O–H groups in total. The van der Waals surface area contributed by atoms with E-state index in [0.29, 0.717) is 17.8 Å². The van der Waals surface area contributed by atoms with Gasteiger partial charge in [0.05, 0.1) is 6.10 Å². The molecule has 3 atom stereocenters. The molecule has 1 aliphatic rings. The van der Waals surface area contributed by atoms with Gasteiger partial charge < -0.3 is 5.11 Å². The maximum atomic E-state index is 9.59. The lowest BCUT2D eigenvalue weighted by Gasteiger charge is -2.24. The quantitative estimate of drug-likeness (QED) is 0.691. The minimum Gasteiger partial charge on any atom is -0.392 e. The summed E-state index contributed by atoms with van der Waals surface area (Å²) in [6.07, 6.45) is -0.0441. The first-order chi connectivity index (χ1) is 5.13. The average molecular weight is 174 g/mol. The molecule has 1 fully saturated rings. The van der Waals surface area contributed by atoms with Crippen LogP contribution < -0.4 is 0 Å². The molecule has 0 aromatic heterocycles. The number of hydrogen-bond donors (Lipinski definition) is 1. The summed E-state index contributed by atoms with van der Waals surface area (Å²) < 4.78 is 0. The lowest BCUT2D eigenvalue weighted by atomic mass is 9.83. The Bertz CT molecular complexity index is 125. The number of aliphatic hydroxyl groups excluding tert-OH is 1. The molecule has 1 heterocycles. The third-order valence-electron chi connectivity index (χ3n) is 2.82. The van der Waals surface area contributed by atoms with Gasteiger partial charge in [-0.2, -0.15) is 11.8 Å². The summed E-state index contributed by atoms with van der Waals surface area (Å²) in [6, 6.07) is 0. The summed E-state index contributed by atoms with van der Waals surface area (Å²) in [4.78, 5) is 0. The van der Waals surface area contributed by atoms with Crippen LogP contribution >= 0.6 is 11.8 Å². The standard InChI is InChI=1S/C9H18OS/c1-6(2)7(3)8-4-11-5-9(8)10/h6-10H,4-5H2,1-3H3. The molecule has 0 spiro atoms. The largest absolute Gasteiger partial charge is 0.392 e. The van der Waals surface area contributed by atoms with E-state index in [4.69, 9.17) is 0 Å². The minimum absolute atomic E-state index is 0.0441. The molecule has 1 saturated heterocycles. The van der Waals surface area contributed by atoms with Crippen LogP contribution in [0, 0.1) is 17.8 Å². The van der Waals surface area contributed by atoms with E-state index >= 15 is 0 Å². The van der Waals surface area contributed by atoms with Crippen molar-refractivity contribution in [1.29, 1.82) is 0 Å². The predicted molar refractivity (Wildman–Crippen MR) is 50.8 cm³/mol. The Morgan fingerprint density at radius 2 is 1.91 bits per heavy atom. The maximum Gasteiger partial charge on any atom is 0.0669 e. The monoisotopic (exact) mass is 174 g/mol. The van der Waals surface area contributed by atoms with Gasteiger partial charge in [-0.15, -0.1) is 0 Å². The molecule has 1 nitrogen and oxygen atoms in total. The van der Waals surface area contributed by atoms with Crippen molar-refractivity contribution in [2.45, 2.75) is 26.9 Å². The zero-order chi connectivity index (χ0) is 8.43. The van der Waals surface area contributed by atoms with Gasteiger partial charge in [-0.3, -0.25) is 0 Å². The molecule has 11 heavy (non-hydrogen) atoms. The van der Waals surface area contributed by atoms with Gasteiger partial charge in [0.1, 0.15) is 0 Å². The zero-order valence-electron chi connectivity index (χ0n) is 7.58. The Balaban J connectivity index is 2.45. The van der Waals surface area contributed by atoms with Crippen molar-refractivity contribution in [3.8, 4) is 0 Å². The zero-order valence-corrected chi connectivity index (χ0v) is 8.40. The summed E-state index contributed by atoms with van der Waals surface area (Å²) in [6.45, 7) is 6.73. The molecule has 66 valence electrons. The van der Waals surface area contributed by atoms with Gasteiger partial charge in [0.2, 0.25) is 0 Å². The molecule has 0 radical (unpaired) electrons. The molecule has 0 aromatic rings. The van der Waals surface area contributed by atoms with Gasteiger partial charge in [0.15, 0.2) is 0 Å². The van der Waals surface area contributed by atoms with E-state index in [9.17, 15) is 5.11 Å². The third-order valence-corrected chi connectivity index (χ3v) is 4.02. The fraction of sp³-hybridized carbons (Fsp3) is 1.00. The normalized spacial score (nSPS) is 34.6. The fourth-order valence-corrected chi connectivity index (χ4v) is 2.98. The first-order valence-electron chi connectivity index (χ1n) is 4.38. The Kier molecular flexibility index (Phi) is 3.26. The van der Waals surface area contributed by atoms with E-state index in [0.717, 1.165) is 11.5 Å². The van der Waals surface area contributed by atoms with Gasteiger partial charge in [-0.25, -0.2) is 0 Å². The summed E-state index contributed by atoms with van der Waals surface area (Å²) in [5.74, 6) is 4.01. The lowest BCUT2D eigenvalue weighted by Crippen LogP contribution is -2.27. The van der Waals surface area contributed by atoms with Crippen LogP contribution in [0.15, 0.2) is 0 Å². The van der Waals surface area contributed by atoms with Crippen molar-refractivity contribution in [3.63, 3.8) is 0 Å². The Labute approximate surface area is 73.6 Å². The Morgan fingerprint density at radius 3 is 2.27 bits per heavy atom. The molecule has 0 aliphatic carbocycles. The van der Waals surface area contributed by atoms with Gasteiger partial charge >= 0.3 is 0 Å². The van der Waals surface area contributed by atoms with Gasteiger partial charge in [0, 0.05) is 5.75 Å². The highest BCUT2D eigenvalue weighted by Gasteiger charge is 2.31. The van der Waals surface area contributed by atoms with Crippen molar-refractivity contribution in [2.24, 2.45) is 17.8 Å². The third kappa shape index (κ3) is 2.12. The van der Waals surface area contributed by atoms with E-state index in [1.165, 1.54) is 0 Å². The fourth-order valence-electron chi connectivity index (χ4n) is 1.56. The van der Waals surface area contributed by atoms with Crippen molar-refractivity contribution < 1.29 is 5.11 Å². The van der Waals surface area contributed by atoms with E-state index in [1.807, 2.05) is 11.8 Å². The maximum absolute atomic E-state index is 9.59. The van der Waals surface area contributed by atoms with Crippen LogP contribution in [0.1, 0.15) is 20.8 Å². The van der Waals surface area contributed by atoms with E-state index in [-0.39, 0.29) is 6.10 Å². The first kappa shape index (κ1) is 9.40. The number of thioether (sulfide) groups is 1. The number of aliphatic hydroxyl groups is 1. The number of rotatable bonds is 2. The summed E-state index contributed by atoms with van der Waals surface area (Å²) in [5, 5.41) is 9.59. The molecule has 1 rings (SSSR count). The predicted octanol–water partition coefficient (Wildman–Crippen LogP) is 2.00. The van der Waals surface area contributed by atoms with Crippen LogP contribution in [-0.4, -0.2) is 22.7 Å². The van der Waals surface area contributed by atoms with Crippen LogP contribution in [0.2, 0.25) is 0 Å². The second-order valence-corrected chi connectivity index (χ2v) is 4.95. The average Bonchev–Trinajstić information content (AvgIpc) is 2.33. The van der Waals surface area contributed by atoms with Crippen LogP contribution in [0.25, 0.3) is 0 Å². The number of hydrogen-bond acceptors (Lipinski definition) is 2. The van der Waals surface area contributed by atoms with Crippen molar-refractivity contribution in [2.75, 3.05) is 11.5 Å². The molecule has 0 bridgehead atoms. The molecular weight excluding hydrogens is 156 g/mol. The highest BCUT2D eigenvalue weighted by molar-refractivity contribution is 7.99. The second kappa shape index (κ2) is 3.81. The van der Waals surface area contributed by atoms with Gasteiger partial charge in [-0.05, 0) is 23.5 Å². The van der Waals surface area contributed by atoms with Crippen LogP contribution in [0.3, 0.4) is 0 Å². The van der Waals surface area contributed by atoms with E-state index in [1.54, 1.807) is 0 Å². The summed E-state index contributed by atoms with van der Waals surface area (Å²) in [5.41, 5.74) is 0. The van der Waals surface area contributed by atoms with E-state index in [2.05, 4.69) is 20.8 Å². The Hall–Kier alpha value is 0.310. The highest BCUT2D eigenvalue weighted by atomic mass is 32.2. The molecule has 0 saturated carbocycles. The first-order valence-corrected chi connectivity index (χ1v) is 5.54. The molecule has 0 aromatic carbocycles. The topological polar surface area (TPSA) is 20.2 Å². The van der Waals surface area contributed by atoms with Crippen molar-refractivity contribution >= 4 is 11.8 Å². The molecule has 0 amide bonds. The highest BCUT2D eigenvalue weighted by Crippen LogP contribution is 2.33. The summed E-state index contributed by atoms with van der Waals surface area (Å²) >= 11 is 1.89. The molecule has 3 unspecified atom stereocenters. The molecular formula is C9H18OS.